The average molecular weight is 539 g/mol. The van der Waals surface area contributed by atoms with Gasteiger partial charge in [-0.25, -0.2) is 0 Å². The molecule has 2 aliphatic rings. The number of hydrogen-bond acceptors (Lipinski definition) is 3. The first-order valence-electron chi connectivity index (χ1n) is 14.3. The van der Waals surface area contributed by atoms with Crippen molar-refractivity contribution in [3.05, 3.63) is 83.8 Å². The number of hydrogen-bond donors (Lipinski definition) is 1. The van der Waals surface area contributed by atoms with Crippen LogP contribution in [0.5, 0.6) is 5.75 Å². The van der Waals surface area contributed by atoms with Gasteiger partial charge in [0.05, 0.1) is 24.9 Å². The van der Waals surface area contributed by atoms with Crippen molar-refractivity contribution in [3.63, 3.8) is 0 Å². The summed E-state index contributed by atoms with van der Waals surface area (Å²) in [5.41, 5.74) is 3.44. The molecule has 7 heteroatoms. The van der Waals surface area contributed by atoms with Gasteiger partial charge >= 0.3 is 0 Å². The molecule has 1 fully saturated rings. The van der Waals surface area contributed by atoms with Gasteiger partial charge < -0.3 is 24.1 Å². The highest BCUT2D eigenvalue weighted by Gasteiger charge is 2.49. The maximum atomic E-state index is 14.7. The molecule has 1 atom stereocenters. The monoisotopic (exact) mass is 538 g/mol. The summed E-state index contributed by atoms with van der Waals surface area (Å²) in [4.78, 5) is 30.6. The fourth-order valence-corrected chi connectivity index (χ4v) is 6.42. The molecule has 208 valence electrons. The Bertz CT molecular complexity index is 1540. The number of carbonyl (C=O) groups is 2. The van der Waals surface area contributed by atoms with Crippen LogP contribution >= 0.6 is 0 Å². The summed E-state index contributed by atoms with van der Waals surface area (Å²) < 4.78 is 9.43. The van der Waals surface area contributed by atoms with Gasteiger partial charge in [0.25, 0.3) is 5.91 Å². The summed E-state index contributed by atoms with van der Waals surface area (Å²) in [6, 6.07) is 18.1. The number of fused-ring (bicyclic) bond motifs is 3. The number of aryl methyl sites for hydroxylation is 1. The summed E-state index contributed by atoms with van der Waals surface area (Å²) in [7, 11) is 1.64. The molecule has 0 unspecified atom stereocenters. The van der Waals surface area contributed by atoms with Crippen LogP contribution in [0, 0.1) is 12.8 Å². The Labute approximate surface area is 235 Å². The maximum Gasteiger partial charge on any atom is 0.273 e. The summed E-state index contributed by atoms with van der Waals surface area (Å²) in [6.45, 7) is 6.96. The summed E-state index contributed by atoms with van der Waals surface area (Å²) in [5, 5.41) is 4.36. The molecule has 2 aromatic carbocycles. The van der Waals surface area contributed by atoms with Crippen LogP contribution in [0.4, 0.5) is 0 Å². The van der Waals surface area contributed by atoms with Gasteiger partial charge in [0, 0.05) is 30.4 Å². The van der Waals surface area contributed by atoms with Gasteiger partial charge in [-0.3, -0.25) is 9.59 Å². The molecule has 1 aliphatic carbocycles. The second-order valence-corrected chi connectivity index (χ2v) is 11.8. The summed E-state index contributed by atoms with van der Waals surface area (Å²) >= 11 is 0. The van der Waals surface area contributed by atoms with Gasteiger partial charge in [-0.15, -0.1) is 0 Å². The third-order valence-corrected chi connectivity index (χ3v) is 8.90. The van der Waals surface area contributed by atoms with Gasteiger partial charge in [-0.2, -0.15) is 0 Å². The average Bonchev–Trinajstić information content (AvgIpc) is 3.58. The standard InChI is InChI=1S/C33H38N4O3/c1-22-7-12-25(13-8-22)34-32(39)33(3)21-36-28-16-9-23(2)19-27(28)29(35-17-5-6-18-35)30(36)31(38)37(33)20-24-10-14-26(40-4)15-11-24/h5-6,9-11,14-19,22,25H,7-8,12-13,20-21H2,1-4H3,(H,34,39)/t22?,25?,33-/m1/s1. The number of nitrogens with one attached hydrogen (secondary N) is 1. The van der Waals surface area contributed by atoms with Crippen molar-refractivity contribution >= 4 is 22.7 Å². The van der Waals surface area contributed by atoms with Crippen molar-refractivity contribution in [3.8, 4) is 11.4 Å². The Hall–Kier alpha value is -4.00. The Morgan fingerprint density at radius 3 is 2.42 bits per heavy atom. The minimum atomic E-state index is -1.07. The van der Waals surface area contributed by atoms with Crippen LogP contribution in [0.15, 0.2) is 67.0 Å². The highest BCUT2D eigenvalue weighted by molar-refractivity contribution is 6.09. The van der Waals surface area contributed by atoms with Crippen molar-refractivity contribution in [1.29, 1.82) is 0 Å². The Morgan fingerprint density at radius 2 is 1.75 bits per heavy atom. The third-order valence-electron chi connectivity index (χ3n) is 8.90. The zero-order valence-electron chi connectivity index (χ0n) is 23.8. The molecule has 7 nitrogen and oxygen atoms in total. The van der Waals surface area contributed by atoms with Gasteiger partial charge in [0.2, 0.25) is 5.91 Å². The zero-order chi connectivity index (χ0) is 28.0. The second-order valence-electron chi connectivity index (χ2n) is 11.8. The van der Waals surface area contributed by atoms with Gasteiger partial charge in [0.1, 0.15) is 17.0 Å². The lowest BCUT2D eigenvalue weighted by molar-refractivity contribution is -0.134. The minimum Gasteiger partial charge on any atom is -0.497 e. The van der Waals surface area contributed by atoms with E-state index in [1.165, 1.54) is 0 Å². The van der Waals surface area contributed by atoms with E-state index in [4.69, 9.17) is 4.74 Å². The van der Waals surface area contributed by atoms with Crippen molar-refractivity contribution in [2.24, 2.45) is 5.92 Å². The van der Waals surface area contributed by atoms with E-state index in [9.17, 15) is 9.59 Å². The van der Waals surface area contributed by atoms with Gasteiger partial charge in [0.15, 0.2) is 0 Å². The quantitative estimate of drug-likeness (QED) is 0.334. The Kier molecular flexibility index (Phi) is 6.69. The lowest BCUT2D eigenvalue weighted by atomic mass is 9.86. The van der Waals surface area contributed by atoms with Crippen molar-refractivity contribution in [1.82, 2.24) is 19.4 Å². The first-order chi connectivity index (χ1) is 19.3. The molecular weight excluding hydrogens is 500 g/mol. The molecule has 0 radical (unpaired) electrons. The number of carbonyl (C=O) groups excluding carboxylic acids is 2. The highest BCUT2D eigenvalue weighted by Crippen LogP contribution is 2.39. The molecule has 6 rings (SSSR count). The first-order valence-corrected chi connectivity index (χ1v) is 14.3. The lowest BCUT2D eigenvalue weighted by Crippen LogP contribution is -2.64. The third kappa shape index (κ3) is 4.47. The van der Waals surface area contributed by atoms with Crippen LogP contribution in [0.1, 0.15) is 61.1 Å². The van der Waals surface area contributed by atoms with E-state index < -0.39 is 5.54 Å². The minimum absolute atomic E-state index is 0.0870. The number of methoxy groups -OCH3 is 1. The van der Waals surface area contributed by atoms with E-state index in [-0.39, 0.29) is 17.9 Å². The number of nitrogens with zero attached hydrogens (tertiary/aromatic N) is 3. The molecule has 40 heavy (non-hydrogen) atoms. The van der Waals surface area contributed by atoms with Crippen molar-refractivity contribution in [2.75, 3.05) is 7.11 Å². The van der Waals surface area contributed by atoms with Crippen molar-refractivity contribution in [2.45, 2.75) is 71.1 Å². The topological polar surface area (TPSA) is 68.5 Å². The Balaban J connectivity index is 1.47. The Morgan fingerprint density at radius 1 is 1.05 bits per heavy atom. The second kappa shape index (κ2) is 10.2. The van der Waals surface area contributed by atoms with E-state index in [0.29, 0.717) is 24.7 Å². The van der Waals surface area contributed by atoms with E-state index in [2.05, 4.69) is 41.9 Å². The molecule has 4 aromatic rings. The van der Waals surface area contributed by atoms with Crippen LogP contribution in [0.2, 0.25) is 0 Å². The fraction of sp³-hybridized carbons (Fsp3) is 0.394. The molecule has 0 spiro atoms. The molecule has 1 N–H and O–H groups in total. The van der Waals surface area contributed by atoms with Gasteiger partial charge in [-0.1, -0.05) is 30.7 Å². The van der Waals surface area contributed by atoms with Crippen molar-refractivity contribution < 1.29 is 14.3 Å². The van der Waals surface area contributed by atoms with Crippen LogP contribution in [0.25, 0.3) is 16.6 Å². The van der Waals surface area contributed by atoms with Gasteiger partial charge in [-0.05, 0) is 87.4 Å². The normalized spacial score (nSPS) is 22.8. The number of rotatable bonds is 6. The number of ether oxygens (including phenoxy) is 1. The molecule has 2 amide bonds. The maximum absolute atomic E-state index is 14.7. The summed E-state index contributed by atoms with van der Waals surface area (Å²) in [5.74, 6) is 1.22. The number of aromatic nitrogens is 2. The summed E-state index contributed by atoms with van der Waals surface area (Å²) in [6.07, 6.45) is 8.13. The van der Waals surface area contributed by atoms with E-state index in [0.717, 1.165) is 59.2 Å². The van der Waals surface area contributed by atoms with Crippen LogP contribution in [-0.2, 0) is 17.9 Å². The van der Waals surface area contributed by atoms with Crippen LogP contribution < -0.4 is 10.1 Å². The zero-order valence-corrected chi connectivity index (χ0v) is 23.8. The smallest absolute Gasteiger partial charge is 0.273 e. The lowest BCUT2D eigenvalue weighted by Gasteiger charge is -2.45. The van der Waals surface area contributed by atoms with Crippen LogP contribution in [0.3, 0.4) is 0 Å². The largest absolute Gasteiger partial charge is 0.497 e. The number of amides is 2. The molecule has 0 bridgehead atoms. The molecule has 2 aromatic heterocycles. The highest BCUT2D eigenvalue weighted by atomic mass is 16.5. The molecule has 3 heterocycles. The fourth-order valence-electron chi connectivity index (χ4n) is 6.42. The molecule has 0 saturated heterocycles. The SMILES string of the molecule is COc1ccc(CN2C(=O)c3c(-n4cccc4)c4cc(C)ccc4n3C[C@]2(C)C(=O)NC2CCC(C)CC2)cc1. The number of benzene rings is 2. The predicted molar refractivity (Wildman–Crippen MR) is 157 cm³/mol. The molecule has 1 aliphatic heterocycles. The predicted octanol–water partition coefficient (Wildman–Crippen LogP) is 5.86. The van der Waals surface area contributed by atoms with E-state index in [1.807, 2.05) is 60.3 Å². The molecular formula is C33H38N4O3. The van der Waals surface area contributed by atoms with Crippen LogP contribution in [-0.4, -0.2) is 44.5 Å². The van der Waals surface area contributed by atoms with E-state index >= 15 is 0 Å². The molecule has 1 saturated carbocycles. The first kappa shape index (κ1) is 26.2. The van der Waals surface area contributed by atoms with E-state index in [1.54, 1.807) is 12.0 Å².